The fraction of sp³-hybridized carbons (Fsp3) is 0.231. The molecule has 1 saturated heterocycles. The lowest BCUT2D eigenvalue weighted by atomic mass is 9.86. The molecule has 2 N–H and O–H groups in total. The molecule has 0 spiro atoms. The van der Waals surface area contributed by atoms with Gasteiger partial charge in [-0.3, -0.25) is 10.1 Å². The normalized spacial score (nSPS) is 22.3. The highest BCUT2D eigenvalue weighted by atomic mass is 16.5. The van der Waals surface area contributed by atoms with Crippen LogP contribution in [0, 0.1) is 0 Å². The zero-order chi connectivity index (χ0) is 13.2. The van der Waals surface area contributed by atoms with Gasteiger partial charge in [0, 0.05) is 6.42 Å². The number of carbonyl (C=O) groups excluding carboxylic acids is 2. The summed E-state index contributed by atoms with van der Waals surface area (Å²) in [6.45, 7) is 3.63. The van der Waals surface area contributed by atoms with Gasteiger partial charge in [-0.05, 0) is 17.7 Å². The Balaban J connectivity index is 2.43. The minimum atomic E-state index is -1.06. The van der Waals surface area contributed by atoms with E-state index in [-0.39, 0.29) is 5.91 Å². The second kappa shape index (κ2) is 4.52. The van der Waals surface area contributed by atoms with Crippen LogP contribution in [0.2, 0.25) is 0 Å². The number of hydrogen-bond donors (Lipinski definition) is 2. The van der Waals surface area contributed by atoms with Gasteiger partial charge in [0.05, 0.1) is 7.11 Å². The molecule has 1 atom stereocenters. The number of rotatable bonds is 4. The van der Waals surface area contributed by atoms with Crippen molar-refractivity contribution in [1.29, 1.82) is 0 Å². The molecule has 2 rings (SSSR count). The first kappa shape index (κ1) is 12.2. The fourth-order valence-corrected chi connectivity index (χ4v) is 2.05. The van der Waals surface area contributed by atoms with E-state index in [2.05, 4.69) is 17.2 Å². The first-order valence-corrected chi connectivity index (χ1v) is 5.51. The summed E-state index contributed by atoms with van der Waals surface area (Å²) in [6.07, 6.45) is 1.94. The lowest BCUT2D eigenvalue weighted by Crippen LogP contribution is -2.43. The number of amides is 3. The molecule has 3 amide bonds. The largest absolute Gasteiger partial charge is 0.497 e. The molecule has 1 unspecified atom stereocenters. The number of benzene rings is 1. The summed E-state index contributed by atoms with van der Waals surface area (Å²) in [5.74, 6) is 0.329. The Morgan fingerprint density at radius 2 is 2.00 bits per heavy atom. The van der Waals surface area contributed by atoms with E-state index in [0.717, 1.165) is 0 Å². The van der Waals surface area contributed by atoms with Crippen molar-refractivity contribution in [1.82, 2.24) is 10.6 Å². The third kappa shape index (κ3) is 1.84. The van der Waals surface area contributed by atoms with Gasteiger partial charge in [-0.1, -0.05) is 18.2 Å². The Labute approximate surface area is 105 Å². The molecule has 0 aliphatic carbocycles. The first-order valence-electron chi connectivity index (χ1n) is 5.51. The smallest absolute Gasteiger partial charge is 0.322 e. The highest BCUT2D eigenvalue weighted by Gasteiger charge is 2.46. The van der Waals surface area contributed by atoms with Gasteiger partial charge < -0.3 is 10.1 Å². The topological polar surface area (TPSA) is 67.4 Å². The van der Waals surface area contributed by atoms with Crippen LogP contribution >= 0.6 is 0 Å². The third-order valence-corrected chi connectivity index (χ3v) is 2.97. The van der Waals surface area contributed by atoms with Crippen LogP contribution in [0.5, 0.6) is 5.75 Å². The standard InChI is InChI=1S/C13H14N2O3/c1-3-8-13(11(16)14-12(17)15-13)9-4-6-10(18-2)7-5-9/h3-7H,1,8H2,2H3,(H2,14,15,16,17). The molecule has 94 valence electrons. The summed E-state index contributed by atoms with van der Waals surface area (Å²) in [4.78, 5) is 23.3. The molecule has 18 heavy (non-hydrogen) atoms. The molecule has 1 fully saturated rings. The zero-order valence-corrected chi connectivity index (χ0v) is 10.0. The van der Waals surface area contributed by atoms with E-state index in [9.17, 15) is 9.59 Å². The number of hydrogen-bond acceptors (Lipinski definition) is 3. The zero-order valence-electron chi connectivity index (χ0n) is 10.0. The summed E-state index contributed by atoms with van der Waals surface area (Å²) < 4.78 is 5.06. The molecule has 1 heterocycles. The molecule has 1 aromatic carbocycles. The quantitative estimate of drug-likeness (QED) is 0.621. The van der Waals surface area contributed by atoms with Gasteiger partial charge in [-0.15, -0.1) is 6.58 Å². The van der Waals surface area contributed by atoms with E-state index in [1.165, 1.54) is 0 Å². The van der Waals surface area contributed by atoms with Crippen LogP contribution in [0.3, 0.4) is 0 Å². The highest BCUT2D eigenvalue weighted by Crippen LogP contribution is 2.30. The van der Waals surface area contributed by atoms with E-state index < -0.39 is 11.6 Å². The van der Waals surface area contributed by atoms with Gasteiger partial charge in [0.15, 0.2) is 0 Å². The monoisotopic (exact) mass is 246 g/mol. The molecule has 1 aliphatic rings. The summed E-state index contributed by atoms with van der Waals surface area (Å²) in [6, 6.07) is 6.52. The highest BCUT2D eigenvalue weighted by molar-refractivity contribution is 6.07. The van der Waals surface area contributed by atoms with E-state index in [0.29, 0.717) is 17.7 Å². The van der Waals surface area contributed by atoms with Gasteiger partial charge >= 0.3 is 6.03 Å². The Morgan fingerprint density at radius 3 is 2.44 bits per heavy atom. The minimum Gasteiger partial charge on any atom is -0.497 e. The van der Waals surface area contributed by atoms with Crippen molar-refractivity contribution in [2.75, 3.05) is 7.11 Å². The van der Waals surface area contributed by atoms with Gasteiger partial charge in [-0.25, -0.2) is 4.79 Å². The van der Waals surface area contributed by atoms with E-state index in [1.54, 1.807) is 37.5 Å². The van der Waals surface area contributed by atoms with Crippen LogP contribution in [0.25, 0.3) is 0 Å². The van der Waals surface area contributed by atoms with Crippen LogP contribution in [0.4, 0.5) is 4.79 Å². The van der Waals surface area contributed by atoms with Crippen molar-refractivity contribution in [2.45, 2.75) is 12.0 Å². The van der Waals surface area contributed by atoms with E-state index in [4.69, 9.17) is 4.74 Å². The second-order valence-corrected chi connectivity index (χ2v) is 4.03. The fourth-order valence-electron chi connectivity index (χ4n) is 2.05. The number of nitrogens with one attached hydrogen (secondary N) is 2. The van der Waals surface area contributed by atoms with Gasteiger partial charge in [0.1, 0.15) is 11.3 Å². The molecular weight excluding hydrogens is 232 g/mol. The van der Waals surface area contributed by atoms with Crippen molar-refractivity contribution < 1.29 is 14.3 Å². The van der Waals surface area contributed by atoms with Crippen LogP contribution in [0.15, 0.2) is 36.9 Å². The Kier molecular flexibility index (Phi) is 3.06. The number of urea groups is 1. The Hall–Kier alpha value is -2.30. The summed E-state index contributed by atoms with van der Waals surface area (Å²) >= 11 is 0. The Bertz CT molecular complexity index is 495. The SMILES string of the molecule is C=CCC1(c2ccc(OC)cc2)NC(=O)NC1=O. The number of carbonyl (C=O) groups is 2. The van der Waals surface area contributed by atoms with Crippen molar-refractivity contribution in [3.63, 3.8) is 0 Å². The summed E-state index contributed by atoms with van der Waals surface area (Å²) in [5, 5.41) is 4.91. The third-order valence-electron chi connectivity index (χ3n) is 2.97. The molecule has 0 bridgehead atoms. The van der Waals surface area contributed by atoms with Gasteiger partial charge in [0.25, 0.3) is 5.91 Å². The first-order chi connectivity index (χ1) is 8.62. The van der Waals surface area contributed by atoms with Crippen LogP contribution in [-0.4, -0.2) is 19.0 Å². The average Bonchev–Trinajstić information content (AvgIpc) is 2.66. The van der Waals surface area contributed by atoms with Crippen LogP contribution in [-0.2, 0) is 10.3 Å². The number of ether oxygens (including phenoxy) is 1. The molecule has 0 radical (unpaired) electrons. The van der Waals surface area contributed by atoms with Crippen molar-refractivity contribution in [3.05, 3.63) is 42.5 Å². The molecule has 0 aromatic heterocycles. The average molecular weight is 246 g/mol. The number of imide groups is 1. The van der Waals surface area contributed by atoms with Crippen molar-refractivity contribution in [2.24, 2.45) is 0 Å². The van der Waals surface area contributed by atoms with E-state index in [1.807, 2.05) is 0 Å². The summed E-state index contributed by atoms with van der Waals surface area (Å²) in [7, 11) is 1.57. The molecule has 5 nitrogen and oxygen atoms in total. The van der Waals surface area contributed by atoms with E-state index >= 15 is 0 Å². The van der Waals surface area contributed by atoms with Gasteiger partial charge in [0.2, 0.25) is 0 Å². The molecule has 1 aliphatic heterocycles. The maximum Gasteiger partial charge on any atom is 0.322 e. The van der Waals surface area contributed by atoms with Crippen molar-refractivity contribution in [3.8, 4) is 5.75 Å². The molecule has 1 aromatic rings. The Morgan fingerprint density at radius 1 is 1.33 bits per heavy atom. The molecule has 5 heteroatoms. The lowest BCUT2D eigenvalue weighted by molar-refractivity contribution is -0.124. The second-order valence-electron chi connectivity index (χ2n) is 4.03. The summed E-state index contributed by atoms with van der Waals surface area (Å²) in [5.41, 5.74) is -0.364. The van der Waals surface area contributed by atoms with Crippen LogP contribution in [0.1, 0.15) is 12.0 Å². The molecular formula is C13H14N2O3. The maximum atomic E-state index is 12.0. The minimum absolute atomic E-state index is 0.330. The van der Waals surface area contributed by atoms with Crippen molar-refractivity contribution >= 4 is 11.9 Å². The van der Waals surface area contributed by atoms with Gasteiger partial charge in [-0.2, -0.15) is 0 Å². The maximum absolute atomic E-state index is 12.0. The lowest BCUT2D eigenvalue weighted by Gasteiger charge is -2.25. The predicted octanol–water partition coefficient (Wildman–Crippen LogP) is 1.31. The van der Waals surface area contributed by atoms with Crippen LogP contribution < -0.4 is 15.4 Å². The number of methoxy groups -OCH3 is 1. The predicted molar refractivity (Wildman–Crippen MR) is 66.2 cm³/mol. The molecule has 0 saturated carbocycles.